The Hall–Kier alpha value is -4.86. The number of anilines is 2. The number of para-hydroxylation sites is 2. The molecule has 1 amide bonds. The first kappa shape index (κ1) is 22.6. The Kier molecular flexibility index (Phi) is 5.68. The van der Waals surface area contributed by atoms with Gasteiger partial charge in [0.15, 0.2) is 17.3 Å². The summed E-state index contributed by atoms with van der Waals surface area (Å²) in [5.41, 5.74) is 3.28. The summed E-state index contributed by atoms with van der Waals surface area (Å²) >= 11 is 0. The van der Waals surface area contributed by atoms with Gasteiger partial charge in [0.2, 0.25) is 5.95 Å². The zero-order valence-corrected chi connectivity index (χ0v) is 20.3. The molecule has 0 saturated carbocycles. The van der Waals surface area contributed by atoms with Crippen LogP contribution in [0.3, 0.4) is 0 Å². The quantitative estimate of drug-likeness (QED) is 0.426. The van der Waals surface area contributed by atoms with Crippen LogP contribution in [0.25, 0.3) is 11.4 Å². The molecule has 2 aliphatic rings. The van der Waals surface area contributed by atoms with Gasteiger partial charge in [0.1, 0.15) is 25.0 Å². The number of rotatable bonds is 5. The number of carbonyl (C=O) groups is 1. The predicted molar refractivity (Wildman–Crippen MR) is 137 cm³/mol. The molecule has 6 rings (SSSR count). The van der Waals surface area contributed by atoms with Gasteiger partial charge in [-0.15, -0.1) is 5.10 Å². The van der Waals surface area contributed by atoms with Crippen LogP contribution in [-0.4, -0.2) is 46.0 Å². The molecule has 10 nitrogen and oxygen atoms in total. The average molecular weight is 497 g/mol. The van der Waals surface area contributed by atoms with E-state index in [4.69, 9.17) is 24.3 Å². The number of ether oxygens (including phenoxy) is 3. The van der Waals surface area contributed by atoms with Crippen molar-refractivity contribution in [1.82, 2.24) is 19.7 Å². The number of aromatic nitrogens is 4. The lowest BCUT2D eigenvalue weighted by Crippen LogP contribution is -2.31. The fourth-order valence-electron chi connectivity index (χ4n) is 4.54. The number of nitrogens with zero attached hydrogens (tertiary/aromatic N) is 4. The maximum Gasteiger partial charge on any atom is 0.255 e. The Labute approximate surface area is 212 Å². The van der Waals surface area contributed by atoms with E-state index in [9.17, 15) is 4.79 Å². The molecule has 0 radical (unpaired) electrons. The number of hydrogen-bond donors (Lipinski definition) is 2. The van der Waals surface area contributed by atoms with E-state index in [-0.39, 0.29) is 5.91 Å². The van der Waals surface area contributed by atoms with Crippen LogP contribution in [0.5, 0.6) is 17.2 Å². The Bertz CT molecular complexity index is 1510. The standard InChI is InChI=1S/C27H24N6O4/c1-16-23(26(34)30-19-7-3-4-8-20(19)35-2)24(17-9-10-21-22(14-17)37-13-12-36-21)33-27(29-16)31-25(32-33)18-6-5-11-28-15-18/h3-11,14-15,24H,12-13H2,1-2H3,(H,30,34)(H,29,31,32). The molecule has 0 aliphatic carbocycles. The van der Waals surface area contributed by atoms with Crippen LogP contribution in [0, 0.1) is 0 Å². The zero-order valence-electron chi connectivity index (χ0n) is 20.3. The molecule has 4 heterocycles. The first-order valence-corrected chi connectivity index (χ1v) is 11.8. The molecule has 2 aromatic carbocycles. The Balaban J connectivity index is 1.46. The molecule has 1 unspecified atom stereocenters. The molecular weight excluding hydrogens is 472 g/mol. The summed E-state index contributed by atoms with van der Waals surface area (Å²) in [7, 11) is 1.57. The lowest BCUT2D eigenvalue weighted by atomic mass is 9.94. The van der Waals surface area contributed by atoms with Gasteiger partial charge in [-0.2, -0.15) is 4.98 Å². The van der Waals surface area contributed by atoms with Crippen LogP contribution in [0.15, 0.2) is 78.3 Å². The second-order valence-electron chi connectivity index (χ2n) is 8.57. The normalized spacial score (nSPS) is 16.0. The fourth-order valence-corrected chi connectivity index (χ4v) is 4.54. The van der Waals surface area contributed by atoms with E-state index in [1.165, 1.54) is 0 Å². The fraction of sp³-hybridized carbons (Fsp3) is 0.185. The molecule has 4 aromatic rings. The number of pyridine rings is 1. The molecule has 10 heteroatoms. The van der Waals surface area contributed by atoms with Crippen LogP contribution in [0.4, 0.5) is 11.6 Å². The topological polar surface area (TPSA) is 112 Å². The molecule has 2 aliphatic heterocycles. The van der Waals surface area contributed by atoms with E-state index in [0.717, 1.165) is 11.1 Å². The van der Waals surface area contributed by atoms with Crippen molar-refractivity contribution in [3.63, 3.8) is 0 Å². The van der Waals surface area contributed by atoms with Gasteiger partial charge in [-0.25, -0.2) is 4.68 Å². The number of nitrogens with one attached hydrogen (secondary N) is 2. The summed E-state index contributed by atoms with van der Waals surface area (Å²) in [6.07, 6.45) is 3.40. The summed E-state index contributed by atoms with van der Waals surface area (Å²) in [5, 5.41) is 11.1. The van der Waals surface area contributed by atoms with E-state index in [0.29, 0.717) is 59.2 Å². The van der Waals surface area contributed by atoms with Crippen molar-refractivity contribution >= 4 is 17.5 Å². The zero-order chi connectivity index (χ0) is 25.4. The third-order valence-electron chi connectivity index (χ3n) is 6.25. The summed E-state index contributed by atoms with van der Waals surface area (Å²) < 4.78 is 18.7. The number of hydrogen-bond acceptors (Lipinski definition) is 8. The Morgan fingerprint density at radius 3 is 2.76 bits per heavy atom. The van der Waals surface area contributed by atoms with Gasteiger partial charge < -0.3 is 24.8 Å². The van der Waals surface area contributed by atoms with E-state index in [2.05, 4.69) is 15.6 Å². The van der Waals surface area contributed by atoms with E-state index in [1.807, 2.05) is 49.4 Å². The maximum atomic E-state index is 13.8. The molecule has 37 heavy (non-hydrogen) atoms. The molecule has 1 atom stereocenters. The second-order valence-corrected chi connectivity index (χ2v) is 8.57. The minimum absolute atomic E-state index is 0.293. The third-order valence-corrected chi connectivity index (χ3v) is 6.25. The average Bonchev–Trinajstić information content (AvgIpc) is 3.36. The van der Waals surface area contributed by atoms with Crippen LogP contribution in [0.2, 0.25) is 0 Å². The van der Waals surface area contributed by atoms with E-state index >= 15 is 0 Å². The van der Waals surface area contributed by atoms with Crippen molar-refractivity contribution in [2.24, 2.45) is 0 Å². The number of benzene rings is 2. The number of methoxy groups -OCH3 is 1. The van der Waals surface area contributed by atoms with Crippen LogP contribution >= 0.6 is 0 Å². The van der Waals surface area contributed by atoms with Crippen molar-refractivity contribution in [3.8, 4) is 28.6 Å². The van der Waals surface area contributed by atoms with Crippen molar-refractivity contribution < 1.29 is 19.0 Å². The third kappa shape index (κ3) is 4.12. The second kappa shape index (κ2) is 9.30. The van der Waals surface area contributed by atoms with Crippen LogP contribution in [-0.2, 0) is 4.79 Å². The van der Waals surface area contributed by atoms with Crippen molar-refractivity contribution in [2.45, 2.75) is 13.0 Å². The monoisotopic (exact) mass is 496 g/mol. The van der Waals surface area contributed by atoms with E-state index in [1.54, 1.807) is 36.3 Å². The van der Waals surface area contributed by atoms with Gasteiger partial charge in [-0.1, -0.05) is 18.2 Å². The number of amides is 1. The lowest BCUT2D eigenvalue weighted by Gasteiger charge is -2.29. The molecular formula is C27H24N6O4. The van der Waals surface area contributed by atoms with Gasteiger partial charge in [0.25, 0.3) is 5.91 Å². The highest BCUT2D eigenvalue weighted by Gasteiger charge is 2.35. The van der Waals surface area contributed by atoms with Gasteiger partial charge in [-0.05, 0) is 48.9 Å². The molecule has 186 valence electrons. The van der Waals surface area contributed by atoms with Gasteiger partial charge in [0.05, 0.1) is 18.4 Å². The first-order chi connectivity index (χ1) is 18.1. The number of allylic oxidation sites excluding steroid dienone is 1. The van der Waals surface area contributed by atoms with Crippen molar-refractivity contribution in [1.29, 1.82) is 0 Å². The van der Waals surface area contributed by atoms with Crippen molar-refractivity contribution in [2.75, 3.05) is 31.0 Å². The molecule has 0 bridgehead atoms. The first-order valence-electron chi connectivity index (χ1n) is 11.8. The molecule has 0 spiro atoms. The predicted octanol–water partition coefficient (Wildman–Crippen LogP) is 4.05. The number of fused-ring (bicyclic) bond motifs is 2. The number of carbonyl (C=O) groups excluding carboxylic acids is 1. The molecule has 0 saturated heterocycles. The minimum atomic E-state index is -0.584. The van der Waals surface area contributed by atoms with Crippen LogP contribution in [0.1, 0.15) is 18.5 Å². The highest BCUT2D eigenvalue weighted by atomic mass is 16.6. The molecule has 2 N–H and O–H groups in total. The largest absolute Gasteiger partial charge is 0.495 e. The summed E-state index contributed by atoms with van der Waals surface area (Å²) in [6, 6.07) is 16.1. The van der Waals surface area contributed by atoms with Crippen LogP contribution < -0.4 is 24.8 Å². The highest BCUT2D eigenvalue weighted by molar-refractivity contribution is 6.06. The Morgan fingerprint density at radius 1 is 1.11 bits per heavy atom. The summed E-state index contributed by atoms with van der Waals surface area (Å²) in [5.74, 6) is 2.58. The SMILES string of the molecule is COc1ccccc1NC(=O)C1=C(C)Nc2nc(-c3cccnc3)nn2C1c1ccc2c(c1)OCCO2. The van der Waals surface area contributed by atoms with Gasteiger partial charge in [0, 0.05) is 23.7 Å². The molecule has 2 aromatic heterocycles. The lowest BCUT2D eigenvalue weighted by molar-refractivity contribution is -0.113. The summed E-state index contributed by atoms with van der Waals surface area (Å²) in [6.45, 7) is 2.80. The van der Waals surface area contributed by atoms with Crippen molar-refractivity contribution in [3.05, 3.63) is 83.8 Å². The van der Waals surface area contributed by atoms with Gasteiger partial charge >= 0.3 is 0 Å². The summed E-state index contributed by atoms with van der Waals surface area (Å²) in [4.78, 5) is 22.7. The highest BCUT2D eigenvalue weighted by Crippen LogP contribution is 2.40. The van der Waals surface area contributed by atoms with E-state index < -0.39 is 6.04 Å². The smallest absolute Gasteiger partial charge is 0.255 e. The molecule has 0 fully saturated rings. The Morgan fingerprint density at radius 2 is 1.95 bits per heavy atom. The maximum absolute atomic E-state index is 13.8. The minimum Gasteiger partial charge on any atom is -0.495 e. The van der Waals surface area contributed by atoms with Gasteiger partial charge in [-0.3, -0.25) is 9.78 Å².